The summed E-state index contributed by atoms with van der Waals surface area (Å²) < 4.78 is 0. The summed E-state index contributed by atoms with van der Waals surface area (Å²) in [5.41, 5.74) is 2.18. The van der Waals surface area contributed by atoms with Gasteiger partial charge in [-0.2, -0.15) is 0 Å². The first-order valence-corrected chi connectivity index (χ1v) is 4.85. The average molecular weight is 171 g/mol. The third kappa shape index (κ3) is 2.32. The molecule has 1 fully saturated rings. The molecule has 1 heteroatoms. The molecule has 1 heterocycles. The Morgan fingerprint density at radius 3 is 2.85 bits per heavy atom. The highest BCUT2D eigenvalue weighted by molar-refractivity contribution is 5.33. The summed E-state index contributed by atoms with van der Waals surface area (Å²) in [4.78, 5) is 4.29. The third-order valence-corrected chi connectivity index (χ3v) is 2.18. The van der Waals surface area contributed by atoms with Gasteiger partial charge in [-0.05, 0) is 31.4 Å². The van der Waals surface area contributed by atoms with E-state index in [0.717, 1.165) is 17.7 Å². The maximum atomic E-state index is 4.29. The van der Waals surface area contributed by atoms with E-state index in [9.17, 15) is 0 Å². The van der Waals surface area contributed by atoms with Crippen molar-refractivity contribution >= 4 is 0 Å². The van der Waals surface area contributed by atoms with Gasteiger partial charge in [0.1, 0.15) is 0 Å². The van der Waals surface area contributed by atoms with Crippen molar-refractivity contribution in [2.45, 2.75) is 26.2 Å². The van der Waals surface area contributed by atoms with Crippen LogP contribution < -0.4 is 0 Å². The van der Waals surface area contributed by atoms with E-state index in [1.54, 1.807) is 0 Å². The van der Waals surface area contributed by atoms with Gasteiger partial charge in [0.05, 0.1) is 0 Å². The number of hydrogen-bond donors (Lipinski definition) is 0. The number of rotatable bonds is 1. The van der Waals surface area contributed by atoms with Gasteiger partial charge in [0.15, 0.2) is 0 Å². The van der Waals surface area contributed by atoms with E-state index in [1.807, 2.05) is 6.20 Å². The lowest BCUT2D eigenvalue weighted by molar-refractivity contribution is 1.03. The van der Waals surface area contributed by atoms with E-state index in [4.69, 9.17) is 0 Å². The number of aromatic nitrogens is 1. The molecule has 0 radical (unpaired) electrons. The molecule has 0 amide bonds. The van der Waals surface area contributed by atoms with Crippen molar-refractivity contribution in [1.82, 2.24) is 4.98 Å². The Labute approximate surface area is 79.2 Å². The van der Waals surface area contributed by atoms with Crippen molar-refractivity contribution in [2.75, 3.05) is 0 Å². The average Bonchev–Trinajstić information content (AvgIpc) is 2.99. The van der Waals surface area contributed by atoms with Crippen LogP contribution in [0.2, 0.25) is 0 Å². The van der Waals surface area contributed by atoms with Gasteiger partial charge >= 0.3 is 0 Å². The van der Waals surface area contributed by atoms with Gasteiger partial charge in [0.2, 0.25) is 0 Å². The van der Waals surface area contributed by atoms with Crippen LogP contribution in [0.1, 0.15) is 31.0 Å². The normalized spacial score (nSPS) is 14.8. The molecule has 1 aliphatic carbocycles. The van der Waals surface area contributed by atoms with E-state index < -0.39 is 0 Å². The molecular weight excluding hydrogens is 158 g/mol. The van der Waals surface area contributed by atoms with Crippen molar-refractivity contribution in [3.8, 4) is 11.8 Å². The van der Waals surface area contributed by atoms with Crippen LogP contribution in [-0.2, 0) is 6.42 Å². The summed E-state index contributed by atoms with van der Waals surface area (Å²) in [6.07, 6.45) is 5.44. The molecule has 0 N–H and O–H groups in total. The van der Waals surface area contributed by atoms with Crippen LogP contribution in [0.4, 0.5) is 0 Å². The van der Waals surface area contributed by atoms with E-state index >= 15 is 0 Å². The Bertz CT molecular complexity index is 336. The van der Waals surface area contributed by atoms with Gasteiger partial charge < -0.3 is 0 Å². The lowest BCUT2D eigenvalue weighted by atomic mass is 10.2. The Balaban J connectivity index is 2.09. The van der Waals surface area contributed by atoms with Gasteiger partial charge in [-0.3, -0.25) is 4.98 Å². The van der Waals surface area contributed by atoms with Crippen LogP contribution in [0, 0.1) is 17.8 Å². The zero-order valence-electron chi connectivity index (χ0n) is 7.88. The molecule has 1 aromatic rings. The second kappa shape index (κ2) is 3.62. The van der Waals surface area contributed by atoms with Gasteiger partial charge in [-0.25, -0.2) is 0 Å². The summed E-state index contributed by atoms with van der Waals surface area (Å²) in [5, 5.41) is 0. The van der Waals surface area contributed by atoms with E-state index in [2.05, 4.69) is 35.9 Å². The monoisotopic (exact) mass is 171 g/mol. The highest BCUT2D eigenvalue weighted by Gasteiger charge is 2.17. The molecule has 2 rings (SSSR count). The topological polar surface area (TPSA) is 12.9 Å². The van der Waals surface area contributed by atoms with Crippen LogP contribution >= 0.6 is 0 Å². The van der Waals surface area contributed by atoms with Crippen molar-refractivity contribution < 1.29 is 0 Å². The lowest BCUT2D eigenvalue weighted by Crippen LogP contribution is -1.86. The maximum absolute atomic E-state index is 4.29. The summed E-state index contributed by atoms with van der Waals surface area (Å²) in [5.74, 6) is 7.04. The molecular formula is C12H13N. The second-order valence-electron chi connectivity index (χ2n) is 3.44. The molecule has 0 atom stereocenters. The first-order chi connectivity index (χ1) is 6.38. The standard InChI is InChI=1S/C12H13N/c1-2-12-8-7-11(9-13-12)6-5-10-3-4-10/h7-10H,2-4H2,1H3. The van der Waals surface area contributed by atoms with E-state index in [-0.39, 0.29) is 0 Å². The largest absolute Gasteiger partial charge is 0.260 e. The SMILES string of the molecule is CCc1ccc(C#CC2CC2)cn1. The van der Waals surface area contributed by atoms with Crippen LogP contribution in [0.3, 0.4) is 0 Å². The van der Waals surface area contributed by atoms with Crippen LogP contribution in [-0.4, -0.2) is 4.98 Å². The molecule has 0 saturated heterocycles. The Hall–Kier alpha value is -1.29. The molecule has 13 heavy (non-hydrogen) atoms. The molecule has 0 unspecified atom stereocenters. The first-order valence-electron chi connectivity index (χ1n) is 4.85. The fourth-order valence-electron chi connectivity index (χ4n) is 1.12. The highest BCUT2D eigenvalue weighted by Crippen LogP contribution is 2.27. The molecule has 66 valence electrons. The van der Waals surface area contributed by atoms with E-state index in [0.29, 0.717) is 5.92 Å². The maximum Gasteiger partial charge on any atom is 0.0429 e. The highest BCUT2D eigenvalue weighted by atomic mass is 14.7. The van der Waals surface area contributed by atoms with Crippen LogP contribution in [0.5, 0.6) is 0 Å². The number of nitrogens with zero attached hydrogens (tertiary/aromatic N) is 1. The van der Waals surface area contributed by atoms with Crippen molar-refractivity contribution in [3.63, 3.8) is 0 Å². The quantitative estimate of drug-likeness (QED) is 0.591. The summed E-state index contributed by atoms with van der Waals surface area (Å²) >= 11 is 0. The molecule has 1 nitrogen and oxygen atoms in total. The zero-order valence-corrected chi connectivity index (χ0v) is 7.88. The number of aryl methyl sites for hydroxylation is 1. The Morgan fingerprint density at radius 2 is 2.31 bits per heavy atom. The minimum Gasteiger partial charge on any atom is -0.260 e. The minimum atomic E-state index is 0.672. The van der Waals surface area contributed by atoms with Crippen LogP contribution in [0.25, 0.3) is 0 Å². The zero-order chi connectivity index (χ0) is 9.10. The van der Waals surface area contributed by atoms with Crippen LogP contribution in [0.15, 0.2) is 18.3 Å². The third-order valence-electron chi connectivity index (χ3n) is 2.18. The van der Waals surface area contributed by atoms with Gasteiger partial charge in [-0.1, -0.05) is 18.8 Å². The summed E-state index contributed by atoms with van der Waals surface area (Å²) in [6.45, 7) is 2.11. The molecule has 0 spiro atoms. The molecule has 1 saturated carbocycles. The number of hydrogen-bond acceptors (Lipinski definition) is 1. The van der Waals surface area contributed by atoms with E-state index in [1.165, 1.54) is 12.8 Å². The Morgan fingerprint density at radius 1 is 1.46 bits per heavy atom. The first kappa shape index (κ1) is 8.31. The lowest BCUT2D eigenvalue weighted by Gasteiger charge is -1.93. The minimum absolute atomic E-state index is 0.672. The van der Waals surface area contributed by atoms with Crippen molar-refractivity contribution in [1.29, 1.82) is 0 Å². The molecule has 1 aliphatic rings. The number of pyridine rings is 1. The fourth-order valence-corrected chi connectivity index (χ4v) is 1.12. The summed E-state index contributed by atoms with van der Waals surface area (Å²) in [6, 6.07) is 4.11. The van der Waals surface area contributed by atoms with Gasteiger partial charge in [0.25, 0.3) is 0 Å². The Kier molecular flexibility index (Phi) is 2.31. The molecule has 0 aromatic carbocycles. The predicted molar refractivity (Wildman–Crippen MR) is 53.2 cm³/mol. The predicted octanol–water partition coefficient (Wildman–Crippen LogP) is 2.41. The van der Waals surface area contributed by atoms with Crippen molar-refractivity contribution in [3.05, 3.63) is 29.6 Å². The van der Waals surface area contributed by atoms with Gasteiger partial charge in [-0.15, -0.1) is 0 Å². The smallest absolute Gasteiger partial charge is 0.0429 e. The second-order valence-corrected chi connectivity index (χ2v) is 3.44. The van der Waals surface area contributed by atoms with Gasteiger partial charge in [0, 0.05) is 23.4 Å². The fraction of sp³-hybridized carbons (Fsp3) is 0.417. The molecule has 0 bridgehead atoms. The summed E-state index contributed by atoms with van der Waals surface area (Å²) in [7, 11) is 0. The van der Waals surface area contributed by atoms with Crippen molar-refractivity contribution in [2.24, 2.45) is 5.92 Å². The molecule has 0 aliphatic heterocycles. The molecule has 1 aromatic heterocycles.